The largest absolute Gasteiger partial charge is 0.311 e. The first kappa shape index (κ1) is 10.7. The van der Waals surface area contributed by atoms with Gasteiger partial charge in [0.2, 0.25) is 0 Å². The highest BCUT2D eigenvalue weighted by Crippen LogP contribution is 2.13. The lowest BCUT2D eigenvalue weighted by Crippen LogP contribution is -2.32. The number of carbonyl (C=O) groups excluding carboxylic acids is 1. The summed E-state index contributed by atoms with van der Waals surface area (Å²) in [5, 5.41) is 2.97. The number of ketones is 1. The molecule has 0 aliphatic carbocycles. The second-order valence-corrected chi connectivity index (χ2v) is 4.55. The summed E-state index contributed by atoms with van der Waals surface area (Å²) in [6, 6.07) is 0.0577. The van der Waals surface area contributed by atoms with Crippen molar-refractivity contribution in [2.75, 3.05) is 12.8 Å². The summed E-state index contributed by atoms with van der Waals surface area (Å²) < 4.78 is 0. The van der Waals surface area contributed by atoms with Gasteiger partial charge in [0.05, 0.1) is 6.04 Å². The highest BCUT2D eigenvalue weighted by Gasteiger charge is 2.09. The van der Waals surface area contributed by atoms with Crippen LogP contribution in [0.1, 0.15) is 13.3 Å². The van der Waals surface area contributed by atoms with Gasteiger partial charge in [-0.3, -0.25) is 4.79 Å². The van der Waals surface area contributed by atoms with Gasteiger partial charge in [-0.05, 0) is 41.6 Å². The Morgan fingerprint density at radius 2 is 2.40 bits per heavy atom. The number of Topliss-reactive ketones (excluding diaryl/α,β-unsaturated/α-hetero) is 1. The van der Waals surface area contributed by atoms with Crippen LogP contribution in [0.5, 0.6) is 0 Å². The molecule has 0 aromatic heterocycles. The number of hydrogen-bond donors (Lipinski definition) is 1. The number of likely N-dealkylation sites (N-methyl/N-ethyl adjacent to an activating group) is 1. The molecule has 0 rings (SSSR count). The van der Waals surface area contributed by atoms with Gasteiger partial charge < -0.3 is 5.32 Å². The summed E-state index contributed by atoms with van der Waals surface area (Å²) in [7, 11) is 3.56. The van der Waals surface area contributed by atoms with Gasteiger partial charge >= 0.3 is 0 Å². The molecule has 0 saturated heterocycles. The van der Waals surface area contributed by atoms with Crippen LogP contribution in [0.3, 0.4) is 0 Å². The van der Waals surface area contributed by atoms with E-state index in [1.807, 2.05) is 7.05 Å². The molecule has 1 N–H and O–H groups in total. The van der Waals surface area contributed by atoms with E-state index >= 15 is 0 Å². The van der Waals surface area contributed by atoms with Crippen LogP contribution in [0.25, 0.3) is 0 Å². The van der Waals surface area contributed by atoms with Crippen molar-refractivity contribution in [3.63, 3.8) is 0 Å². The van der Waals surface area contributed by atoms with E-state index in [1.54, 1.807) is 15.9 Å². The summed E-state index contributed by atoms with van der Waals surface area (Å²) in [6.45, 7) is 1.62. The van der Waals surface area contributed by atoms with Gasteiger partial charge in [0.15, 0.2) is 0 Å². The molecule has 0 heterocycles. The number of carbonyl (C=O) groups is 1. The molecule has 0 spiro atoms. The quantitative estimate of drug-likeness (QED) is 0.772. The summed E-state index contributed by atoms with van der Waals surface area (Å²) in [6.07, 6.45) is 0.930. The fourth-order valence-electron chi connectivity index (χ4n) is 0.713. The van der Waals surface area contributed by atoms with Crippen molar-refractivity contribution in [3.05, 3.63) is 0 Å². The summed E-state index contributed by atoms with van der Waals surface area (Å²) in [4.78, 5) is 10.8. The Kier molecular flexibility index (Phi) is 6.88. The third-order valence-corrected chi connectivity index (χ3v) is 3.03. The Balaban J connectivity index is 3.50. The molecule has 1 atom stereocenters. The lowest BCUT2D eigenvalue weighted by molar-refractivity contribution is -0.118. The maximum Gasteiger partial charge on any atom is 0.146 e. The monoisotopic (exact) mass is 273 g/mol. The first-order valence-electron chi connectivity index (χ1n) is 3.13. The lowest BCUT2D eigenvalue weighted by Gasteiger charge is -2.09. The first-order chi connectivity index (χ1) is 4.72. The molecule has 0 unspecified atom stereocenters. The van der Waals surface area contributed by atoms with Gasteiger partial charge in [-0.25, -0.2) is 0 Å². The normalized spacial score (nSPS) is 13.1. The van der Waals surface area contributed by atoms with Gasteiger partial charge in [-0.2, -0.15) is 0 Å². The van der Waals surface area contributed by atoms with E-state index < -0.39 is 0 Å². The van der Waals surface area contributed by atoms with Crippen molar-refractivity contribution in [1.29, 1.82) is 0 Å². The number of nitrogens with one attached hydrogen (secondary N) is 1. The highest BCUT2D eigenvalue weighted by atomic mass is 127. The molecule has 0 saturated carbocycles. The van der Waals surface area contributed by atoms with E-state index in [9.17, 15) is 4.79 Å². The van der Waals surface area contributed by atoms with Gasteiger partial charge in [0.25, 0.3) is 0 Å². The van der Waals surface area contributed by atoms with Crippen LogP contribution in [0, 0.1) is 0 Å². The molecule has 10 heavy (non-hydrogen) atoms. The second kappa shape index (κ2) is 6.42. The van der Waals surface area contributed by atoms with Gasteiger partial charge in [-0.15, -0.1) is 0 Å². The Morgan fingerprint density at radius 1 is 1.80 bits per heavy atom. The molecular formula is C6H12INOS. The minimum Gasteiger partial charge on any atom is -0.311 e. The van der Waals surface area contributed by atoms with Gasteiger partial charge in [0.1, 0.15) is 5.78 Å². The highest BCUT2D eigenvalue weighted by molar-refractivity contribution is 14.2. The topological polar surface area (TPSA) is 29.1 Å². The molecule has 0 radical (unpaired) electrons. The van der Waals surface area contributed by atoms with E-state index in [2.05, 4.69) is 26.5 Å². The summed E-state index contributed by atoms with van der Waals surface area (Å²) in [5.74, 6) is 1.26. The Bertz CT molecular complexity index is 110. The van der Waals surface area contributed by atoms with Crippen LogP contribution in [-0.4, -0.2) is 24.6 Å². The predicted octanol–water partition coefficient (Wildman–Crippen LogP) is 1.64. The number of hydrogen-bond acceptors (Lipinski definition) is 3. The standard InChI is InChI=1S/C6H12INOS/c1-5(9)6(8-2)3-4-10-7/h6,8H,3-4H2,1-2H3/t6-/m1/s1. The third kappa shape index (κ3) is 4.51. The Hall–Kier alpha value is 0.710. The van der Waals surface area contributed by atoms with Crippen LogP contribution in [0.2, 0.25) is 0 Å². The number of halogens is 1. The predicted molar refractivity (Wildman–Crippen MR) is 54.6 cm³/mol. The average molecular weight is 273 g/mol. The smallest absolute Gasteiger partial charge is 0.146 e. The molecule has 0 aromatic carbocycles. The molecule has 0 bridgehead atoms. The summed E-state index contributed by atoms with van der Waals surface area (Å²) in [5.41, 5.74) is 0. The summed E-state index contributed by atoms with van der Waals surface area (Å²) >= 11 is 2.24. The molecule has 0 aromatic rings. The fraction of sp³-hybridized carbons (Fsp3) is 0.833. The van der Waals surface area contributed by atoms with Crippen LogP contribution in [0.4, 0.5) is 0 Å². The van der Waals surface area contributed by atoms with Crippen molar-refractivity contribution in [2.45, 2.75) is 19.4 Å². The van der Waals surface area contributed by atoms with Crippen LogP contribution in [-0.2, 0) is 4.79 Å². The van der Waals surface area contributed by atoms with Crippen LogP contribution in [0.15, 0.2) is 0 Å². The van der Waals surface area contributed by atoms with E-state index in [-0.39, 0.29) is 11.8 Å². The minimum atomic E-state index is 0.0577. The van der Waals surface area contributed by atoms with Crippen molar-refractivity contribution in [1.82, 2.24) is 5.32 Å². The Morgan fingerprint density at radius 3 is 2.70 bits per heavy atom. The third-order valence-electron chi connectivity index (χ3n) is 1.32. The van der Waals surface area contributed by atoms with E-state index in [1.165, 1.54) is 0 Å². The number of rotatable bonds is 5. The SMILES string of the molecule is CN[C@H](CCSI)C(C)=O. The lowest BCUT2D eigenvalue weighted by atomic mass is 10.1. The zero-order chi connectivity index (χ0) is 7.98. The molecule has 2 nitrogen and oxygen atoms in total. The van der Waals surface area contributed by atoms with Crippen molar-refractivity contribution in [2.24, 2.45) is 0 Å². The van der Waals surface area contributed by atoms with E-state index in [0.717, 1.165) is 12.2 Å². The van der Waals surface area contributed by atoms with E-state index in [4.69, 9.17) is 0 Å². The van der Waals surface area contributed by atoms with Gasteiger partial charge in [-0.1, -0.05) is 8.93 Å². The van der Waals surface area contributed by atoms with Crippen molar-refractivity contribution >= 4 is 35.9 Å². The molecule has 0 aliphatic heterocycles. The first-order valence-corrected chi connectivity index (χ1v) is 6.66. The fourth-order valence-corrected chi connectivity index (χ4v) is 1.80. The maximum atomic E-state index is 10.8. The average Bonchev–Trinajstić information content (AvgIpc) is 1.89. The Labute approximate surface area is 78.1 Å². The molecule has 0 amide bonds. The van der Waals surface area contributed by atoms with E-state index in [0.29, 0.717) is 0 Å². The molecule has 0 aliphatic rings. The molecule has 0 fully saturated rings. The molecule has 60 valence electrons. The maximum absolute atomic E-state index is 10.8. The molecular weight excluding hydrogens is 261 g/mol. The zero-order valence-electron chi connectivity index (χ0n) is 6.19. The zero-order valence-corrected chi connectivity index (χ0v) is 9.16. The van der Waals surface area contributed by atoms with Crippen LogP contribution < -0.4 is 5.32 Å². The van der Waals surface area contributed by atoms with Crippen molar-refractivity contribution < 1.29 is 4.79 Å². The second-order valence-electron chi connectivity index (χ2n) is 2.05. The van der Waals surface area contributed by atoms with Gasteiger partial charge in [0, 0.05) is 5.75 Å². The van der Waals surface area contributed by atoms with Crippen LogP contribution >= 0.6 is 30.1 Å². The minimum absolute atomic E-state index is 0.0577. The molecule has 4 heteroatoms. The van der Waals surface area contributed by atoms with Crippen molar-refractivity contribution in [3.8, 4) is 0 Å².